The first-order valence-electron chi connectivity index (χ1n) is 10.5. The van der Waals surface area contributed by atoms with Crippen molar-refractivity contribution in [1.29, 1.82) is 5.26 Å². The van der Waals surface area contributed by atoms with Gasteiger partial charge >= 0.3 is 0 Å². The van der Waals surface area contributed by atoms with Gasteiger partial charge in [0.15, 0.2) is 5.96 Å². The molecule has 1 aliphatic rings. The molecule has 1 unspecified atom stereocenters. The maximum atomic E-state index is 8.92. The Hall–Kier alpha value is -2.84. The summed E-state index contributed by atoms with van der Waals surface area (Å²) in [4.78, 5) is 7.30. The van der Waals surface area contributed by atoms with Crippen molar-refractivity contribution in [2.45, 2.75) is 45.3 Å². The van der Waals surface area contributed by atoms with E-state index in [1.165, 1.54) is 5.56 Å². The Morgan fingerprint density at radius 1 is 1.14 bits per heavy atom. The highest BCUT2D eigenvalue weighted by molar-refractivity contribution is 5.80. The van der Waals surface area contributed by atoms with E-state index in [2.05, 4.69) is 65.8 Å². The van der Waals surface area contributed by atoms with E-state index in [1.807, 2.05) is 24.3 Å². The highest BCUT2D eigenvalue weighted by atomic mass is 15.2. The Labute approximate surface area is 174 Å². The minimum Gasteiger partial charge on any atom is -0.357 e. The van der Waals surface area contributed by atoms with Crippen LogP contribution < -0.4 is 10.6 Å². The van der Waals surface area contributed by atoms with E-state index in [0.29, 0.717) is 24.2 Å². The summed E-state index contributed by atoms with van der Waals surface area (Å²) in [6.07, 6.45) is 2.22. The lowest BCUT2D eigenvalue weighted by atomic mass is 10.0. The summed E-state index contributed by atoms with van der Waals surface area (Å²) in [6.45, 7) is 7.99. The number of hydrogen-bond donors (Lipinski definition) is 2. The third-order valence-corrected chi connectivity index (χ3v) is 5.55. The van der Waals surface area contributed by atoms with Crippen LogP contribution in [0.5, 0.6) is 0 Å². The van der Waals surface area contributed by atoms with Gasteiger partial charge in [0.2, 0.25) is 0 Å². The predicted octanol–water partition coefficient (Wildman–Crippen LogP) is 3.84. The minimum absolute atomic E-state index is 0.438. The highest BCUT2D eigenvalue weighted by Crippen LogP contribution is 2.24. The Kier molecular flexibility index (Phi) is 7.66. The molecule has 2 aromatic rings. The number of nitrogens with zero attached hydrogens (tertiary/aromatic N) is 3. The number of hydrogen-bond acceptors (Lipinski definition) is 3. The zero-order valence-electron chi connectivity index (χ0n) is 17.4. The van der Waals surface area contributed by atoms with Crippen LogP contribution in [0.15, 0.2) is 59.6 Å². The molecule has 152 valence electrons. The van der Waals surface area contributed by atoms with Crippen LogP contribution in [0.2, 0.25) is 0 Å². The molecule has 0 spiro atoms. The lowest BCUT2D eigenvalue weighted by Crippen LogP contribution is -2.49. The van der Waals surface area contributed by atoms with Crippen molar-refractivity contribution in [2.24, 2.45) is 4.99 Å². The average molecular weight is 390 g/mol. The fourth-order valence-electron chi connectivity index (χ4n) is 3.74. The van der Waals surface area contributed by atoms with E-state index in [4.69, 9.17) is 10.3 Å². The summed E-state index contributed by atoms with van der Waals surface area (Å²) in [7, 11) is 0. The van der Waals surface area contributed by atoms with Gasteiger partial charge in [0.05, 0.1) is 18.2 Å². The zero-order chi connectivity index (χ0) is 20.5. The fourth-order valence-corrected chi connectivity index (χ4v) is 3.74. The number of aliphatic imine (C=N–C) groups is 1. The van der Waals surface area contributed by atoms with Gasteiger partial charge in [-0.2, -0.15) is 5.26 Å². The van der Waals surface area contributed by atoms with Crippen molar-refractivity contribution < 1.29 is 0 Å². The number of rotatable bonds is 6. The molecule has 1 atom stereocenters. The maximum Gasteiger partial charge on any atom is 0.191 e. The molecule has 1 heterocycles. The SMILES string of the molecule is CCNC(=NCc1ccc(C#N)cc1)NC1CCN(C(C)c2ccccc2)CC1. The van der Waals surface area contributed by atoms with E-state index in [-0.39, 0.29) is 0 Å². The molecule has 0 aromatic heterocycles. The second kappa shape index (κ2) is 10.6. The molecule has 2 N–H and O–H groups in total. The van der Waals surface area contributed by atoms with Crippen LogP contribution in [-0.2, 0) is 6.54 Å². The third kappa shape index (κ3) is 6.07. The summed E-state index contributed by atoms with van der Waals surface area (Å²) in [6, 6.07) is 21.4. The first-order chi connectivity index (χ1) is 14.2. The van der Waals surface area contributed by atoms with Crippen LogP contribution in [-0.4, -0.2) is 36.5 Å². The van der Waals surface area contributed by atoms with Crippen LogP contribution >= 0.6 is 0 Å². The van der Waals surface area contributed by atoms with Crippen LogP contribution in [0, 0.1) is 11.3 Å². The third-order valence-electron chi connectivity index (χ3n) is 5.55. The topological polar surface area (TPSA) is 63.5 Å². The van der Waals surface area contributed by atoms with E-state index in [1.54, 1.807) is 0 Å². The first-order valence-corrected chi connectivity index (χ1v) is 10.5. The van der Waals surface area contributed by atoms with Gasteiger partial charge < -0.3 is 10.6 Å². The molecule has 1 fully saturated rings. The molecule has 29 heavy (non-hydrogen) atoms. The number of guanidine groups is 1. The molecule has 1 aliphatic heterocycles. The van der Waals surface area contributed by atoms with Crippen molar-refractivity contribution in [1.82, 2.24) is 15.5 Å². The maximum absolute atomic E-state index is 8.92. The van der Waals surface area contributed by atoms with E-state index >= 15 is 0 Å². The molecule has 0 radical (unpaired) electrons. The molecule has 3 rings (SSSR count). The summed E-state index contributed by atoms with van der Waals surface area (Å²) in [5.74, 6) is 0.867. The molecule has 1 saturated heterocycles. The van der Waals surface area contributed by atoms with Crippen molar-refractivity contribution in [3.8, 4) is 6.07 Å². The van der Waals surface area contributed by atoms with Crippen molar-refractivity contribution >= 4 is 5.96 Å². The normalized spacial score (nSPS) is 16.8. The minimum atomic E-state index is 0.438. The zero-order valence-corrected chi connectivity index (χ0v) is 17.4. The summed E-state index contributed by atoms with van der Waals surface area (Å²) < 4.78 is 0. The Balaban J connectivity index is 1.52. The first kappa shape index (κ1) is 20.9. The van der Waals surface area contributed by atoms with Gasteiger partial charge in [-0.15, -0.1) is 0 Å². The van der Waals surface area contributed by atoms with Crippen LogP contribution in [0.25, 0.3) is 0 Å². The molecule has 0 saturated carbocycles. The summed E-state index contributed by atoms with van der Waals surface area (Å²) >= 11 is 0. The smallest absolute Gasteiger partial charge is 0.191 e. The quantitative estimate of drug-likeness (QED) is 0.582. The highest BCUT2D eigenvalue weighted by Gasteiger charge is 2.23. The molecule has 5 nitrogen and oxygen atoms in total. The van der Waals surface area contributed by atoms with Gasteiger partial charge in [-0.3, -0.25) is 4.90 Å². The van der Waals surface area contributed by atoms with Crippen LogP contribution in [0.3, 0.4) is 0 Å². The van der Waals surface area contributed by atoms with E-state index in [0.717, 1.165) is 44.0 Å². The van der Waals surface area contributed by atoms with Gasteiger partial charge in [0.25, 0.3) is 0 Å². The van der Waals surface area contributed by atoms with Gasteiger partial charge in [0.1, 0.15) is 0 Å². The van der Waals surface area contributed by atoms with Gasteiger partial charge in [0, 0.05) is 31.7 Å². The lowest BCUT2D eigenvalue weighted by molar-refractivity contribution is 0.158. The van der Waals surface area contributed by atoms with E-state index < -0.39 is 0 Å². The van der Waals surface area contributed by atoms with Crippen molar-refractivity contribution in [3.63, 3.8) is 0 Å². The van der Waals surface area contributed by atoms with Crippen molar-refractivity contribution in [3.05, 3.63) is 71.3 Å². The fraction of sp³-hybridized carbons (Fsp3) is 0.417. The molecule has 0 aliphatic carbocycles. The van der Waals surface area contributed by atoms with Crippen molar-refractivity contribution in [2.75, 3.05) is 19.6 Å². The summed E-state index contributed by atoms with van der Waals surface area (Å²) in [5, 5.41) is 15.9. The van der Waals surface area contributed by atoms with Gasteiger partial charge in [-0.25, -0.2) is 4.99 Å². The largest absolute Gasteiger partial charge is 0.357 e. The Morgan fingerprint density at radius 2 is 1.83 bits per heavy atom. The summed E-state index contributed by atoms with van der Waals surface area (Å²) in [5.41, 5.74) is 3.17. The predicted molar refractivity (Wildman–Crippen MR) is 119 cm³/mol. The number of piperidine rings is 1. The molecule has 0 amide bonds. The monoisotopic (exact) mass is 389 g/mol. The Morgan fingerprint density at radius 3 is 2.45 bits per heavy atom. The van der Waals surface area contributed by atoms with Gasteiger partial charge in [-0.05, 0) is 49.9 Å². The molecule has 2 aromatic carbocycles. The average Bonchev–Trinajstić information content (AvgIpc) is 2.78. The number of likely N-dealkylation sites (tertiary alicyclic amines) is 1. The second-order valence-electron chi connectivity index (χ2n) is 7.55. The van der Waals surface area contributed by atoms with E-state index in [9.17, 15) is 0 Å². The number of nitrogens with one attached hydrogen (secondary N) is 2. The second-order valence-corrected chi connectivity index (χ2v) is 7.55. The van der Waals surface area contributed by atoms with Crippen LogP contribution in [0.4, 0.5) is 0 Å². The lowest BCUT2D eigenvalue weighted by Gasteiger charge is -2.37. The number of nitriles is 1. The molecule has 0 bridgehead atoms. The number of benzene rings is 2. The van der Waals surface area contributed by atoms with Crippen LogP contribution in [0.1, 0.15) is 49.4 Å². The van der Waals surface area contributed by atoms with Gasteiger partial charge in [-0.1, -0.05) is 42.5 Å². The Bertz CT molecular complexity index is 815. The standard InChI is InChI=1S/C24H31N5/c1-3-26-24(27-18-21-11-9-20(17-25)10-12-21)28-23-13-15-29(16-14-23)19(2)22-7-5-4-6-8-22/h4-12,19,23H,3,13-16,18H2,1-2H3,(H2,26,27,28). The molecular weight excluding hydrogens is 358 g/mol. The molecular formula is C24H31N5. The molecule has 5 heteroatoms.